The van der Waals surface area contributed by atoms with Crippen molar-refractivity contribution in [1.29, 1.82) is 0 Å². The molecule has 278 valence electrons. The highest BCUT2D eigenvalue weighted by atomic mass is 35.5. The molecule has 3 atom stereocenters. The summed E-state index contributed by atoms with van der Waals surface area (Å²) in [4.78, 5) is 26.0. The zero-order valence-corrected chi connectivity index (χ0v) is 33.4. The molecule has 13 nitrogen and oxygen atoms in total. The Labute approximate surface area is 315 Å². The van der Waals surface area contributed by atoms with Gasteiger partial charge in [-0.1, -0.05) is 67.1 Å². The molecule has 4 aromatic heterocycles. The summed E-state index contributed by atoms with van der Waals surface area (Å²) in [7, 11) is -7.00. The summed E-state index contributed by atoms with van der Waals surface area (Å²) in [5.74, 6) is 0.698. The Balaban J connectivity index is 1.38. The number of benzene rings is 2. The van der Waals surface area contributed by atoms with Crippen molar-refractivity contribution in [2.24, 2.45) is 0 Å². The van der Waals surface area contributed by atoms with Crippen LogP contribution in [0.15, 0.2) is 94.0 Å². The Morgan fingerprint density at radius 1 is 1.04 bits per heavy atom. The molecule has 1 unspecified atom stereocenters. The number of aryl methyl sites for hydroxylation is 1. The van der Waals surface area contributed by atoms with Gasteiger partial charge >= 0.3 is 0 Å². The Morgan fingerprint density at radius 2 is 1.77 bits per heavy atom. The molecule has 17 heteroatoms. The summed E-state index contributed by atoms with van der Waals surface area (Å²) in [6, 6.07) is 17.3. The molecule has 1 aliphatic heterocycles. The smallest absolute Gasteiger partial charge is 0.297 e. The second-order valence-electron chi connectivity index (χ2n) is 14.3. The minimum absolute atomic E-state index is 0.0279. The van der Waals surface area contributed by atoms with Crippen LogP contribution in [-0.2, 0) is 36.6 Å². The van der Waals surface area contributed by atoms with Crippen LogP contribution in [0.2, 0.25) is 30.7 Å². The zero-order chi connectivity index (χ0) is 37.7. The van der Waals surface area contributed by atoms with Gasteiger partial charge in [0.2, 0.25) is 0 Å². The van der Waals surface area contributed by atoms with Gasteiger partial charge in [0.05, 0.1) is 48.8 Å². The fourth-order valence-corrected chi connectivity index (χ4v) is 9.33. The van der Waals surface area contributed by atoms with Crippen molar-refractivity contribution in [1.82, 2.24) is 28.7 Å². The first kappa shape index (κ1) is 37.1. The molecule has 5 heterocycles. The standard InChI is InChI=1S/C36H40ClN7O6S2Si/c1-24-11-13-27(14-12-24)52(47,48)50-26-19-29(33-40-43-16-15-28(37)32(43)36(45)44(33)25-9-7-6-8-10-25)42(20-26)35-31-30(51(2)46)21-41(34(31)38-22-39-35)23-49-17-18-53(3,4)5/h6-16,21-22,26,29H,17-20,23H2,1-5H3/t26-,29+,51?/m1/s1. The maximum absolute atomic E-state index is 14.3. The SMILES string of the molecule is Cc1ccc(S(=O)(=O)O[C@@H]2C[C@@H](c3nn4ccc(Cl)c4c(=O)n3-c3ccccc3)N(c3ncnc4c3c(S(C)=O)cn4COCC[Si](C)(C)C)C2)cc1. The Bertz CT molecular complexity index is 2500. The van der Waals surface area contributed by atoms with Crippen molar-refractivity contribution in [3.05, 3.63) is 106 Å². The van der Waals surface area contributed by atoms with Gasteiger partial charge in [0.25, 0.3) is 15.7 Å². The number of hydrogen-bond acceptors (Lipinski definition) is 10. The molecule has 0 amide bonds. The highest BCUT2D eigenvalue weighted by molar-refractivity contribution is 7.86. The lowest BCUT2D eigenvalue weighted by Crippen LogP contribution is -2.33. The van der Waals surface area contributed by atoms with Crippen LogP contribution >= 0.6 is 11.6 Å². The van der Waals surface area contributed by atoms with E-state index in [1.807, 2.05) is 34.6 Å². The van der Waals surface area contributed by atoms with E-state index in [0.717, 1.165) is 11.6 Å². The van der Waals surface area contributed by atoms with Crippen molar-refractivity contribution in [3.63, 3.8) is 0 Å². The molecule has 1 aliphatic rings. The van der Waals surface area contributed by atoms with Crippen LogP contribution in [0.5, 0.6) is 0 Å². The first-order chi connectivity index (χ1) is 25.2. The van der Waals surface area contributed by atoms with Gasteiger partial charge in [-0.3, -0.25) is 17.8 Å². The first-order valence-corrected chi connectivity index (χ1v) is 24.1. The third-order valence-electron chi connectivity index (χ3n) is 9.22. The van der Waals surface area contributed by atoms with E-state index in [2.05, 4.69) is 24.6 Å². The van der Waals surface area contributed by atoms with E-state index >= 15 is 0 Å². The van der Waals surface area contributed by atoms with Gasteiger partial charge in [0, 0.05) is 46.3 Å². The molecule has 0 spiro atoms. The number of hydrogen-bond donors (Lipinski definition) is 0. The fraction of sp³-hybridized carbons (Fsp3) is 0.333. The molecule has 7 rings (SSSR count). The van der Waals surface area contributed by atoms with Gasteiger partial charge in [-0.05, 0) is 43.3 Å². The van der Waals surface area contributed by atoms with Crippen LogP contribution in [0.4, 0.5) is 5.82 Å². The maximum Gasteiger partial charge on any atom is 0.297 e. The summed E-state index contributed by atoms with van der Waals surface area (Å²) in [5, 5.41) is 5.69. The average Bonchev–Trinajstić information content (AvgIpc) is 3.81. The Kier molecular flexibility index (Phi) is 10.2. The third kappa shape index (κ3) is 7.48. The van der Waals surface area contributed by atoms with Crippen molar-refractivity contribution in [2.75, 3.05) is 24.3 Å². The number of fused-ring (bicyclic) bond motifs is 2. The molecule has 0 aliphatic carbocycles. The van der Waals surface area contributed by atoms with Gasteiger partial charge in [-0.25, -0.2) is 14.5 Å². The first-order valence-electron chi connectivity index (χ1n) is 17.1. The van der Waals surface area contributed by atoms with Crippen LogP contribution < -0.4 is 10.5 Å². The van der Waals surface area contributed by atoms with E-state index in [0.29, 0.717) is 39.9 Å². The van der Waals surface area contributed by atoms with Crippen LogP contribution in [0.3, 0.4) is 0 Å². The van der Waals surface area contributed by atoms with Crippen LogP contribution in [0.1, 0.15) is 23.9 Å². The quantitative estimate of drug-likeness (QED) is 0.0827. The summed E-state index contributed by atoms with van der Waals surface area (Å²) < 4.78 is 57.4. The number of rotatable bonds is 12. The molecule has 0 bridgehead atoms. The van der Waals surface area contributed by atoms with E-state index in [1.54, 1.807) is 49.0 Å². The molecule has 53 heavy (non-hydrogen) atoms. The third-order valence-corrected chi connectivity index (χ3v) is 13.5. The topological polar surface area (TPSA) is 143 Å². The highest BCUT2D eigenvalue weighted by Gasteiger charge is 2.42. The Hall–Kier alpha value is -4.19. The lowest BCUT2D eigenvalue weighted by Gasteiger charge is -2.27. The molecule has 1 fully saturated rings. The zero-order valence-electron chi connectivity index (χ0n) is 30.0. The van der Waals surface area contributed by atoms with Gasteiger partial charge < -0.3 is 14.2 Å². The number of para-hydroxylation sites is 1. The minimum Gasteiger partial charge on any atom is -0.361 e. The van der Waals surface area contributed by atoms with E-state index in [-0.39, 0.29) is 35.1 Å². The second-order valence-corrected chi connectivity index (χ2v) is 23.3. The molecule has 0 radical (unpaired) electrons. The fourth-order valence-electron chi connectivity index (χ4n) is 6.52. The van der Waals surface area contributed by atoms with E-state index in [9.17, 15) is 17.4 Å². The van der Waals surface area contributed by atoms with Crippen molar-refractivity contribution in [2.45, 2.75) is 67.7 Å². The summed E-state index contributed by atoms with van der Waals surface area (Å²) in [6.07, 6.45) is 5.60. The van der Waals surface area contributed by atoms with E-state index in [4.69, 9.17) is 30.6 Å². The molecule has 6 aromatic rings. The van der Waals surface area contributed by atoms with Gasteiger partial charge in [0.15, 0.2) is 5.82 Å². The monoisotopic (exact) mass is 793 g/mol. The maximum atomic E-state index is 14.3. The van der Waals surface area contributed by atoms with Gasteiger partial charge in [-0.15, -0.1) is 0 Å². The number of nitrogens with zero attached hydrogens (tertiary/aromatic N) is 7. The second kappa shape index (κ2) is 14.6. The Morgan fingerprint density at radius 3 is 2.47 bits per heavy atom. The average molecular weight is 794 g/mol. The van der Waals surface area contributed by atoms with Crippen LogP contribution in [-0.4, -0.2) is 74.9 Å². The highest BCUT2D eigenvalue weighted by Crippen LogP contribution is 2.41. The number of aromatic nitrogens is 6. The largest absolute Gasteiger partial charge is 0.361 e. The molecular weight excluding hydrogens is 754 g/mol. The van der Waals surface area contributed by atoms with Crippen molar-refractivity contribution in [3.8, 4) is 5.69 Å². The van der Waals surface area contributed by atoms with Gasteiger partial charge in [-0.2, -0.15) is 13.5 Å². The number of anilines is 1. The summed E-state index contributed by atoms with van der Waals surface area (Å²) >= 11 is 6.49. The predicted octanol–water partition coefficient (Wildman–Crippen LogP) is 5.97. The van der Waals surface area contributed by atoms with Crippen molar-refractivity contribution < 1.29 is 21.5 Å². The van der Waals surface area contributed by atoms with Crippen molar-refractivity contribution >= 4 is 63.0 Å². The number of halogens is 1. The molecule has 0 saturated carbocycles. The molecule has 1 saturated heterocycles. The lowest BCUT2D eigenvalue weighted by atomic mass is 10.1. The van der Waals surface area contributed by atoms with E-state index in [1.165, 1.54) is 27.5 Å². The molecule has 2 aromatic carbocycles. The number of ether oxygens (including phenoxy) is 1. The normalized spacial score (nSPS) is 17.3. The van der Waals surface area contributed by atoms with Crippen LogP contribution in [0.25, 0.3) is 22.2 Å². The minimum atomic E-state index is -4.19. The summed E-state index contributed by atoms with van der Waals surface area (Å²) in [6.45, 7) is 9.53. The van der Waals surface area contributed by atoms with Gasteiger partial charge in [0.1, 0.15) is 30.0 Å². The molecular formula is C36H40ClN7O6S2Si. The van der Waals surface area contributed by atoms with Crippen LogP contribution in [0, 0.1) is 6.92 Å². The lowest BCUT2D eigenvalue weighted by molar-refractivity contribution is 0.0896. The van der Waals surface area contributed by atoms with E-state index < -0.39 is 46.7 Å². The summed E-state index contributed by atoms with van der Waals surface area (Å²) in [5.41, 5.74) is 1.74. The molecule has 0 N–H and O–H groups in total. The predicted molar refractivity (Wildman–Crippen MR) is 208 cm³/mol.